The predicted molar refractivity (Wildman–Crippen MR) is 88.4 cm³/mol. The summed E-state index contributed by atoms with van der Waals surface area (Å²) >= 11 is 0. The zero-order valence-electron chi connectivity index (χ0n) is 13.6. The Morgan fingerprint density at radius 1 is 1.20 bits per heavy atom. The molecule has 0 atom stereocenters. The van der Waals surface area contributed by atoms with Crippen LogP contribution in [0.15, 0.2) is 48.8 Å². The summed E-state index contributed by atoms with van der Waals surface area (Å²) in [7, 11) is 0. The SMILES string of the molecule is Cc1cccc(OC2CN(C(=O)c3cccc(-n4cnnn4)c3)C2)n1. The summed E-state index contributed by atoms with van der Waals surface area (Å²) in [5.74, 6) is 0.560. The number of hydrogen-bond donors (Lipinski definition) is 0. The molecule has 8 heteroatoms. The van der Waals surface area contributed by atoms with Gasteiger partial charge in [0, 0.05) is 17.3 Å². The maximum absolute atomic E-state index is 12.6. The molecule has 2 aromatic heterocycles. The third-order valence-electron chi connectivity index (χ3n) is 3.99. The van der Waals surface area contributed by atoms with E-state index in [2.05, 4.69) is 20.5 Å². The molecule has 0 aliphatic carbocycles. The molecular formula is C17H16N6O2. The standard InChI is InChI=1S/C17H16N6O2/c1-12-4-2-7-16(19-12)25-15-9-22(10-15)17(24)13-5-3-6-14(8-13)23-11-18-20-21-23/h2-8,11,15H,9-10H2,1H3. The number of aryl methyl sites for hydroxylation is 1. The van der Waals surface area contributed by atoms with E-state index in [1.807, 2.05) is 37.3 Å². The summed E-state index contributed by atoms with van der Waals surface area (Å²) < 4.78 is 7.31. The first-order valence-corrected chi connectivity index (χ1v) is 7.92. The van der Waals surface area contributed by atoms with Crippen LogP contribution in [0.2, 0.25) is 0 Å². The molecule has 1 fully saturated rings. The van der Waals surface area contributed by atoms with Crippen LogP contribution < -0.4 is 4.74 Å². The quantitative estimate of drug-likeness (QED) is 0.713. The lowest BCUT2D eigenvalue weighted by atomic mass is 10.1. The van der Waals surface area contributed by atoms with Gasteiger partial charge in [-0.2, -0.15) is 0 Å². The number of benzene rings is 1. The Labute approximate surface area is 144 Å². The number of tetrazole rings is 1. The molecule has 0 radical (unpaired) electrons. The number of likely N-dealkylation sites (tertiary alicyclic amines) is 1. The monoisotopic (exact) mass is 336 g/mol. The second-order valence-electron chi connectivity index (χ2n) is 5.87. The third-order valence-corrected chi connectivity index (χ3v) is 3.99. The number of hydrogen-bond acceptors (Lipinski definition) is 6. The van der Waals surface area contributed by atoms with Gasteiger partial charge < -0.3 is 9.64 Å². The molecular weight excluding hydrogens is 320 g/mol. The van der Waals surface area contributed by atoms with Crippen molar-refractivity contribution in [2.75, 3.05) is 13.1 Å². The first-order chi connectivity index (χ1) is 12.2. The largest absolute Gasteiger partial charge is 0.471 e. The van der Waals surface area contributed by atoms with Gasteiger partial charge in [0.2, 0.25) is 5.88 Å². The zero-order chi connectivity index (χ0) is 17.2. The number of aromatic nitrogens is 5. The van der Waals surface area contributed by atoms with E-state index in [9.17, 15) is 4.79 Å². The van der Waals surface area contributed by atoms with Crippen molar-refractivity contribution in [1.82, 2.24) is 30.1 Å². The van der Waals surface area contributed by atoms with E-state index in [0.717, 1.165) is 11.4 Å². The van der Waals surface area contributed by atoms with E-state index in [1.165, 1.54) is 11.0 Å². The van der Waals surface area contributed by atoms with Crippen molar-refractivity contribution < 1.29 is 9.53 Å². The summed E-state index contributed by atoms with van der Waals surface area (Å²) in [5, 5.41) is 11.0. The summed E-state index contributed by atoms with van der Waals surface area (Å²) in [6.07, 6.45) is 1.47. The Bertz CT molecular complexity index is 890. The summed E-state index contributed by atoms with van der Waals surface area (Å²) in [5.41, 5.74) is 2.25. The maximum atomic E-state index is 12.6. The highest BCUT2D eigenvalue weighted by molar-refractivity contribution is 5.95. The van der Waals surface area contributed by atoms with Crippen LogP contribution in [0.5, 0.6) is 5.88 Å². The van der Waals surface area contributed by atoms with Gasteiger partial charge in [-0.15, -0.1) is 5.10 Å². The van der Waals surface area contributed by atoms with Crippen LogP contribution in [0.1, 0.15) is 16.1 Å². The van der Waals surface area contributed by atoms with Crippen LogP contribution in [-0.4, -0.2) is 55.2 Å². The van der Waals surface area contributed by atoms with E-state index in [4.69, 9.17) is 4.74 Å². The Balaban J connectivity index is 1.39. The first-order valence-electron chi connectivity index (χ1n) is 7.92. The number of carbonyl (C=O) groups is 1. The number of amides is 1. The Hall–Kier alpha value is -3.29. The van der Waals surface area contributed by atoms with Crippen molar-refractivity contribution in [3.8, 4) is 11.6 Å². The highest BCUT2D eigenvalue weighted by Gasteiger charge is 2.33. The van der Waals surface area contributed by atoms with Crippen molar-refractivity contribution in [2.45, 2.75) is 13.0 Å². The van der Waals surface area contributed by atoms with E-state index >= 15 is 0 Å². The minimum absolute atomic E-state index is 0.0269. The van der Waals surface area contributed by atoms with E-state index in [0.29, 0.717) is 24.5 Å². The topological polar surface area (TPSA) is 86.0 Å². The summed E-state index contributed by atoms with van der Waals surface area (Å²) in [6, 6.07) is 12.9. The second kappa shape index (κ2) is 6.31. The van der Waals surface area contributed by atoms with Gasteiger partial charge in [-0.1, -0.05) is 12.1 Å². The molecule has 0 N–H and O–H groups in total. The molecule has 3 aromatic rings. The fourth-order valence-corrected chi connectivity index (χ4v) is 2.68. The predicted octanol–water partition coefficient (Wildman–Crippen LogP) is 1.27. The molecule has 1 aromatic carbocycles. The van der Waals surface area contributed by atoms with Crippen LogP contribution in [0.4, 0.5) is 0 Å². The van der Waals surface area contributed by atoms with Crippen LogP contribution >= 0.6 is 0 Å². The smallest absolute Gasteiger partial charge is 0.254 e. The molecule has 0 spiro atoms. The lowest BCUT2D eigenvalue weighted by molar-refractivity contribution is 0.0159. The van der Waals surface area contributed by atoms with Crippen LogP contribution in [0.3, 0.4) is 0 Å². The average molecular weight is 336 g/mol. The second-order valence-corrected chi connectivity index (χ2v) is 5.87. The molecule has 1 saturated heterocycles. The Morgan fingerprint density at radius 3 is 2.80 bits per heavy atom. The van der Waals surface area contributed by atoms with Gasteiger partial charge in [-0.05, 0) is 41.6 Å². The molecule has 8 nitrogen and oxygen atoms in total. The molecule has 0 saturated carbocycles. The normalized spacial score (nSPS) is 14.2. The Kier molecular flexibility index (Phi) is 3.85. The lowest BCUT2D eigenvalue weighted by Crippen LogP contribution is -2.56. The third kappa shape index (κ3) is 3.18. The fraction of sp³-hybridized carbons (Fsp3) is 0.235. The highest BCUT2D eigenvalue weighted by Crippen LogP contribution is 2.19. The van der Waals surface area contributed by atoms with E-state index in [-0.39, 0.29) is 12.0 Å². The number of carbonyl (C=O) groups excluding carboxylic acids is 1. The zero-order valence-corrected chi connectivity index (χ0v) is 13.6. The minimum atomic E-state index is -0.0352. The average Bonchev–Trinajstić information content (AvgIpc) is 3.12. The molecule has 4 rings (SSSR count). The maximum Gasteiger partial charge on any atom is 0.254 e. The summed E-state index contributed by atoms with van der Waals surface area (Å²) in [6.45, 7) is 3.01. The van der Waals surface area contributed by atoms with Gasteiger partial charge in [-0.3, -0.25) is 4.79 Å². The van der Waals surface area contributed by atoms with Gasteiger partial charge in [-0.25, -0.2) is 9.67 Å². The van der Waals surface area contributed by atoms with Gasteiger partial charge >= 0.3 is 0 Å². The number of ether oxygens (including phenoxy) is 1. The Morgan fingerprint density at radius 2 is 2.04 bits per heavy atom. The number of nitrogens with zero attached hydrogens (tertiary/aromatic N) is 6. The van der Waals surface area contributed by atoms with Crippen molar-refractivity contribution in [3.05, 3.63) is 60.0 Å². The molecule has 0 unspecified atom stereocenters. The van der Waals surface area contributed by atoms with Crippen molar-refractivity contribution in [1.29, 1.82) is 0 Å². The minimum Gasteiger partial charge on any atom is -0.471 e. The van der Waals surface area contributed by atoms with Crippen LogP contribution in [0, 0.1) is 6.92 Å². The fourth-order valence-electron chi connectivity index (χ4n) is 2.68. The molecule has 0 bridgehead atoms. The van der Waals surface area contributed by atoms with Gasteiger partial charge in [0.05, 0.1) is 18.8 Å². The molecule has 1 aliphatic heterocycles. The van der Waals surface area contributed by atoms with Crippen molar-refractivity contribution in [3.63, 3.8) is 0 Å². The van der Waals surface area contributed by atoms with Crippen LogP contribution in [-0.2, 0) is 0 Å². The van der Waals surface area contributed by atoms with Crippen molar-refractivity contribution in [2.24, 2.45) is 0 Å². The summed E-state index contributed by atoms with van der Waals surface area (Å²) in [4.78, 5) is 18.7. The first kappa shape index (κ1) is 15.3. The molecule has 25 heavy (non-hydrogen) atoms. The lowest BCUT2D eigenvalue weighted by Gasteiger charge is -2.38. The van der Waals surface area contributed by atoms with Gasteiger partial charge in [0.15, 0.2) is 0 Å². The number of pyridine rings is 1. The molecule has 1 aliphatic rings. The molecule has 126 valence electrons. The molecule has 1 amide bonds. The van der Waals surface area contributed by atoms with E-state index < -0.39 is 0 Å². The number of rotatable bonds is 4. The van der Waals surface area contributed by atoms with Gasteiger partial charge in [0.1, 0.15) is 12.4 Å². The highest BCUT2D eigenvalue weighted by atomic mass is 16.5. The van der Waals surface area contributed by atoms with Crippen molar-refractivity contribution >= 4 is 5.91 Å². The van der Waals surface area contributed by atoms with Gasteiger partial charge in [0.25, 0.3) is 5.91 Å². The van der Waals surface area contributed by atoms with E-state index in [1.54, 1.807) is 17.0 Å². The van der Waals surface area contributed by atoms with Crippen LogP contribution in [0.25, 0.3) is 5.69 Å². The molecule has 3 heterocycles.